The molecule has 84 valence electrons. The summed E-state index contributed by atoms with van der Waals surface area (Å²) in [6.45, 7) is 5.25. The highest BCUT2D eigenvalue weighted by Crippen LogP contribution is 2.12. The van der Waals surface area contributed by atoms with Crippen molar-refractivity contribution in [2.45, 2.75) is 25.8 Å². The summed E-state index contributed by atoms with van der Waals surface area (Å²) in [5.41, 5.74) is 1.45. The van der Waals surface area contributed by atoms with E-state index >= 15 is 0 Å². The van der Waals surface area contributed by atoms with Crippen molar-refractivity contribution in [2.75, 3.05) is 19.8 Å². The molecule has 0 saturated carbocycles. The molecular formula is C12H19NOS. The average molecular weight is 225 g/mol. The number of nitrogens with one attached hydrogen (secondary N) is 1. The maximum absolute atomic E-state index is 5.36. The lowest BCUT2D eigenvalue weighted by molar-refractivity contribution is 0.184. The Morgan fingerprint density at radius 1 is 1.67 bits per heavy atom. The highest BCUT2D eigenvalue weighted by atomic mass is 32.1. The van der Waals surface area contributed by atoms with Gasteiger partial charge in [-0.2, -0.15) is 11.3 Å². The van der Waals surface area contributed by atoms with E-state index < -0.39 is 0 Å². The highest BCUT2D eigenvalue weighted by molar-refractivity contribution is 7.07. The van der Waals surface area contributed by atoms with Crippen molar-refractivity contribution in [1.82, 2.24) is 5.32 Å². The van der Waals surface area contributed by atoms with Gasteiger partial charge in [0.05, 0.1) is 6.61 Å². The normalized spacial score (nSPS) is 23.1. The fraction of sp³-hybridized carbons (Fsp3) is 0.667. The second-order valence-corrected chi connectivity index (χ2v) is 5.15. The Morgan fingerprint density at radius 3 is 3.27 bits per heavy atom. The van der Waals surface area contributed by atoms with Crippen LogP contribution in [0.1, 0.15) is 18.9 Å². The van der Waals surface area contributed by atoms with Crippen LogP contribution < -0.4 is 5.32 Å². The van der Waals surface area contributed by atoms with E-state index in [-0.39, 0.29) is 0 Å². The van der Waals surface area contributed by atoms with Gasteiger partial charge in [0.25, 0.3) is 0 Å². The van der Waals surface area contributed by atoms with E-state index in [4.69, 9.17) is 4.74 Å². The van der Waals surface area contributed by atoms with E-state index in [1.165, 1.54) is 12.0 Å². The molecule has 1 aliphatic heterocycles. The van der Waals surface area contributed by atoms with Crippen LogP contribution in [0.3, 0.4) is 0 Å². The van der Waals surface area contributed by atoms with Crippen molar-refractivity contribution in [3.63, 3.8) is 0 Å². The van der Waals surface area contributed by atoms with Gasteiger partial charge in [-0.25, -0.2) is 0 Å². The lowest BCUT2D eigenvalue weighted by Gasteiger charge is -2.15. The molecule has 1 saturated heterocycles. The van der Waals surface area contributed by atoms with Gasteiger partial charge in [-0.05, 0) is 48.1 Å². The van der Waals surface area contributed by atoms with E-state index in [0.717, 1.165) is 32.1 Å². The zero-order chi connectivity index (χ0) is 10.5. The number of thiophene rings is 1. The van der Waals surface area contributed by atoms with E-state index in [9.17, 15) is 0 Å². The summed E-state index contributed by atoms with van der Waals surface area (Å²) in [7, 11) is 0. The smallest absolute Gasteiger partial charge is 0.0507 e. The first-order valence-electron chi connectivity index (χ1n) is 5.67. The molecule has 1 aromatic heterocycles. The van der Waals surface area contributed by atoms with Crippen molar-refractivity contribution in [1.29, 1.82) is 0 Å². The Hall–Kier alpha value is -0.380. The van der Waals surface area contributed by atoms with Crippen LogP contribution >= 0.6 is 11.3 Å². The molecule has 2 rings (SSSR count). The van der Waals surface area contributed by atoms with Gasteiger partial charge < -0.3 is 10.1 Å². The minimum absolute atomic E-state index is 0.570. The van der Waals surface area contributed by atoms with Crippen molar-refractivity contribution in [2.24, 2.45) is 5.92 Å². The van der Waals surface area contributed by atoms with E-state index in [0.29, 0.717) is 6.04 Å². The first-order chi connectivity index (χ1) is 7.34. The van der Waals surface area contributed by atoms with Gasteiger partial charge in [0.2, 0.25) is 0 Å². The molecule has 3 heteroatoms. The predicted molar refractivity (Wildman–Crippen MR) is 64.4 cm³/mol. The first-order valence-corrected chi connectivity index (χ1v) is 6.61. The fourth-order valence-electron chi connectivity index (χ4n) is 1.95. The average Bonchev–Trinajstić information content (AvgIpc) is 2.86. The minimum Gasteiger partial charge on any atom is -0.381 e. The van der Waals surface area contributed by atoms with E-state index in [1.807, 2.05) is 0 Å². The lowest BCUT2D eigenvalue weighted by atomic mass is 10.1. The van der Waals surface area contributed by atoms with E-state index in [2.05, 4.69) is 29.1 Å². The molecule has 2 heterocycles. The lowest BCUT2D eigenvalue weighted by Crippen LogP contribution is -2.32. The number of ether oxygens (including phenoxy) is 1. The topological polar surface area (TPSA) is 21.3 Å². The quantitative estimate of drug-likeness (QED) is 0.830. The van der Waals surface area contributed by atoms with Gasteiger partial charge in [0.1, 0.15) is 0 Å². The Kier molecular flexibility index (Phi) is 4.18. The molecule has 1 aliphatic rings. The molecule has 0 radical (unpaired) electrons. The highest BCUT2D eigenvalue weighted by Gasteiger charge is 2.15. The molecule has 2 unspecified atom stereocenters. The molecule has 1 fully saturated rings. The van der Waals surface area contributed by atoms with Gasteiger partial charge in [-0.15, -0.1) is 0 Å². The summed E-state index contributed by atoms with van der Waals surface area (Å²) in [6, 6.07) is 2.78. The molecule has 15 heavy (non-hydrogen) atoms. The van der Waals surface area contributed by atoms with E-state index in [1.54, 1.807) is 11.3 Å². The van der Waals surface area contributed by atoms with Crippen molar-refractivity contribution < 1.29 is 4.74 Å². The van der Waals surface area contributed by atoms with Gasteiger partial charge in [-0.1, -0.05) is 0 Å². The molecule has 0 bridgehead atoms. The summed E-state index contributed by atoms with van der Waals surface area (Å²) in [6.07, 6.45) is 2.36. The zero-order valence-electron chi connectivity index (χ0n) is 9.24. The Bertz CT molecular complexity index is 267. The third-order valence-electron chi connectivity index (χ3n) is 2.90. The number of hydrogen-bond donors (Lipinski definition) is 1. The molecule has 0 amide bonds. The molecular weight excluding hydrogens is 206 g/mol. The van der Waals surface area contributed by atoms with Crippen molar-refractivity contribution >= 4 is 11.3 Å². The Morgan fingerprint density at radius 2 is 2.60 bits per heavy atom. The Labute approximate surface area is 95.6 Å². The molecule has 2 nitrogen and oxygen atoms in total. The number of rotatable bonds is 5. The second kappa shape index (κ2) is 5.64. The third-order valence-corrected chi connectivity index (χ3v) is 3.63. The van der Waals surface area contributed by atoms with Crippen LogP contribution in [0.15, 0.2) is 16.8 Å². The molecule has 0 spiro atoms. The molecule has 1 aromatic rings. The van der Waals surface area contributed by atoms with Gasteiger partial charge in [-0.3, -0.25) is 0 Å². The summed E-state index contributed by atoms with van der Waals surface area (Å²) >= 11 is 1.78. The maximum atomic E-state index is 5.36. The third kappa shape index (κ3) is 3.59. The Balaban J connectivity index is 1.66. The van der Waals surface area contributed by atoms with Crippen LogP contribution in [-0.2, 0) is 11.2 Å². The molecule has 0 aliphatic carbocycles. The van der Waals surface area contributed by atoms with Crippen LogP contribution in [0, 0.1) is 5.92 Å². The van der Waals surface area contributed by atoms with Gasteiger partial charge >= 0.3 is 0 Å². The van der Waals surface area contributed by atoms with Gasteiger partial charge in [0, 0.05) is 19.2 Å². The standard InChI is InChI=1S/C12H19NOS/c1-10(6-11-3-5-15-9-11)13-7-12-2-4-14-8-12/h3,5,9-10,12-13H,2,4,6-8H2,1H3. The van der Waals surface area contributed by atoms with Crippen LogP contribution in [0.5, 0.6) is 0 Å². The summed E-state index contributed by atoms with van der Waals surface area (Å²) in [4.78, 5) is 0. The summed E-state index contributed by atoms with van der Waals surface area (Å²) in [5, 5.41) is 7.97. The molecule has 1 N–H and O–H groups in total. The number of hydrogen-bond acceptors (Lipinski definition) is 3. The summed E-state index contributed by atoms with van der Waals surface area (Å²) in [5.74, 6) is 0.731. The fourth-order valence-corrected chi connectivity index (χ4v) is 2.63. The van der Waals surface area contributed by atoms with Crippen molar-refractivity contribution in [3.05, 3.63) is 22.4 Å². The van der Waals surface area contributed by atoms with Crippen LogP contribution in [-0.4, -0.2) is 25.8 Å². The van der Waals surface area contributed by atoms with Crippen molar-refractivity contribution in [3.8, 4) is 0 Å². The molecule has 0 aromatic carbocycles. The predicted octanol–water partition coefficient (Wildman–Crippen LogP) is 2.31. The second-order valence-electron chi connectivity index (χ2n) is 4.37. The molecule has 2 atom stereocenters. The monoisotopic (exact) mass is 225 g/mol. The van der Waals surface area contributed by atoms with Crippen LogP contribution in [0.4, 0.5) is 0 Å². The SMILES string of the molecule is CC(Cc1ccsc1)NCC1CCOC1. The zero-order valence-corrected chi connectivity index (χ0v) is 10.1. The first kappa shape index (κ1) is 11.1. The summed E-state index contributed by atoms with van der Waals surface area (Å²) < 4.78 is 5.36. The van der Waals surface area contributed by atoms with Crippen LogP contribution in [0.25, 0.3) is 0 Å². The van der Waals surface area contributed by atoms with Gasteiger partial charge in [0.15, 0.2) is 0 Å². The largest absolute Gasteiger partial charge is 0.381 e. The maximum Gasteiger partial charge on any atom is 0.0507 e. The van der Waals surface area contributed by atoms with Crippen LogP contribution in [0.2, 0.25) is 0 Å². The minimum atomic E-state index is 0.570.